The second-order valence-electron chi connectivity index (χ2n) is 10.3. The molecule has 2 bridgehead atoms. The SMILES string of the molecule is CCC(=Nc1ccc(N2CC3CC(C2)N3C)cc1)c1c(O)[nH]c2ccc(C(=O)NCC(C)C)cc12. The Morgan fingerprint density at radius 3 is 2.51 bits per heavy atom. The van der Waals surface area contributed by atoms with Crippen LogP contribution >= 0.6 is 0 Å². The zero-order valence-corrected chi connectivity index (χ0v) is 21.0. The second-order valence-corrected chi connectivity index (χ2v) is 10.3. The van der Waals surface area contributed by atoms with Gasteiger partial charge in [-0.15, -0.1) is 0 Å². The van der Waals surface area contributed by atoms with E-state index in [1.165, 1.54) is 12.1 Å². The molecule has 0 aliphatic carbocycles. The number of likely N-dealkylation sites (N-methyl/N-ethyl adjacent to an activating group) is 1. The maximum absolute atomic E-state index is 12.6. The van der Waals surface area contributed by atoms with E-state index in [2.05, 4.69) is 53.1 Å². The average molecular weight is 474 g/mol. The normalized spacial score (nSPS) is 20.4. The van der Waals surface area contributed by atoms with Crippen molar-refractivity contribution in [2.24, 2.45) is 10.9 Å². The summed E-state index contributed by atoms with van der Waals surface area (Å²) in [6.45, 7) is 8.93. The lowest BCUT2D eigenvalue weighted by Gasteiger charge is -2.55. The number of aliphatic imine (C=N–C) groups is 1. The number of hydrogen-bond donors (Lipinski definition) is 3. The number of hydrogen-bond acceptors (Lipinski definition) is 5. The van der Waals surface area contributed by atoms with Crippen LogP contribution in [0, 0.1) is 5.92 Å². The van der Waals surface area contributed by atoms with Gasteiger partial charge in [0.15, 0.2) is 5.88 Å². The number of aromatic amines is 1. The molecule has 35 heavy (non-hydrogen) atoms. The summed E-state index contributed by atoms with van der Waals surface area (Å²) in [5, 5.41) is 14.5. The first-order valence-electron chi connectivity index (χ1n) is 12.6. The van der Waals surface area contributed by atoms with Crippen LogP contribution in [0.3, 0.4) is 0 Å². The molecule has 1 amide bonds. The minimum absolute atomic E-state index is 0.0774. The third kappa shape index (κ3) is 4.52. The van der Waals surface area contributed by atoms with Gasteiger partial charge in [0, 0.05) is 53.9 Å². The van der Waals surface area contributed by atoms with E-state index in [0.717, 1.165) is 35.4 Å². The van der Waals surface area contributed by atoms with Crippen LogP contribution in [0.2, 0.25) is 0 Å². The number of amides is 1. The number of fused-ring (bicyclic) bond motifs is 3. The fourth-order valence-electron chi connectivity index (χ4n) is 5.22. The fraction of sp³-hybridized carbons (Fsp3) is 0.429. The van der Waals surface area contributed by atoms with Gasteiger partial charge in [-0.05, 0) is 68.3 Å². The van der Waals surface area contributed by atoms with E-state index in [9.17, 15) is 9.90 Å². The summed E-state index contributed by atoms with van der Waals surface area (Å²) in [4.78, 5) is 25.5. The number of aromatic hydroxyl groups is 1. The zero-order chi connectivity index (χ0) is 24.7. The van der Waals surface area contributed by atoms with Crippen LogP contribution in [0.25, 0.3) is 10.9 Å². The molecule has 7 nitrogen and oxygen atoms in total. The molecule has 2 unspecified atom stereocenters. The standard InChI is InChI=1S/C28H35N5O2/c1-5-24(30-19-7-9-20(10-8-19)33-15-21-13-22(16-33)32(21)4)26-23-12-18(27(34)29-14-17(2)3)6-11-25(23)31-28(26)35/h6-12,17,21-22,31,35H,5,13-16H2,1-4H3,(H,29,34). The van der Waals surface area contributed by atoms with E-state index < -0.39 is 0 Å². The summed E-state index contributed by atoms with van der Waals surface area (Å²) >= 11 is 0. The number of benzene rings is 2. The molecule has 6 rings (SSSR count). The Hall–Kier alpha value is -3.32. The van der Waals surface area contributed by atoms with Crippen molar-refractivity contribution in [2.75, 3.05) is 31.6 Å². The minimum atomic E-state index is -0.112. The average Bonchev–Trinajstić information content (AvgIpc) is 3.20. The number of anilines is 1. The summed E-state index contributed by atoms with van der Waals surface area (Å²) in [6.07, 6.45) is 1.96. The maximum Gasteiger partial charge on any atom is 0.251 e. The molecule has 0 saturated carbocycles. The second kappa shape index (κ2) is 9.38. The van der Waals surface area contributed by atoms with Gasteiger partial charge in [0.1, 0.15) is 0 Å². The van der Waals surface area contributed by atoms with E-state index in [4.69, 9.17) is 4.99 Å². The van der Waals surface area contributed by atoms with Gasteiger partial charge in [-0.25, -0.2) is 0 Å². The van der Waals surface area contributed by atoms with Gasteiger partial charge in [-0.2, -0.15) is 0 Å². The topological polar surface area (TPSA) is 84.0 Å². The van der Waals surface area contributed by atoms with Crippen molar-refractivity contribution in [3.05, 3.63) is 53.6 Å². The molecule has 3 aliphatic heterocycles. The van der Waals surface area contributed by atoms with Crippen molar-refractivity contribution < 1.29 is 9.90 Å². The van der Waals surface area contributed by atoms with E-state index in [1.54, 1.807) is 6.07 Å². The smallest absolute Gasteiger partial charge is 0.251 e. The van der Waals surface area contributed by atoms with Crippen LogP contribution in [0.5, 0.6) is 5.88 Å². The number of carbonyl (C=O) groups is 1. The number of piperazine rings is 1. The van der Waals surface area contributed by atoms with Crippen LogP contribution in [0.1, 0.15) is 49.5 Å². The largest absolute Gasteiger partial charge is 0.494 e. The van der Waals surface area contributed by atoms with Crippen molar-refractivity contribution in [2.45, 2.75) is 45.7 Å². The van der Waals surface area contributed by atoms with Gasteiger partial charge in [0.2, 0.25) is 0 Å². The van der Waals surface area contributed by atoms with Gasteiger partial charge >= 0.3 is 0 Å². The van der Waals surface area contributed by atoms with Crippen molar-refractivity contribution in [1.29, 1.82) is 0 Å². The Bertz CT molecular complexity index is 1250. The van der Waals surface area contributed by atoms with Gasteiger partial charge in [-0.1, -0.05) is 20.8 Å². The summed E-state index contributed by atoms with van der Waals surface area (Å²) in [6, 6.07) is 15.2. The number of rotatable bonds is 7. The Labute approximate surface area is 206 Å². The summed E-state index contributed by atoms with van der Waals surface area (Å²) in [5.74, 6) is 0.342. The highest BCUT2D eigenvalue weighted by Gasteiger charge is 2.42. The number of nitrogens with one attached hydrogen (secondary N) is 2. The molecule has 3 saturated heterocycles. The summed E-state index contributed by atoms with van der Waals surface area (Å²) in [5.41, 5.74) is 4.87. The first kappa shape index (κ1) is 23.4. The Morgan fingerprint density at radius 1 is 1.17 bits per heavy atom. The van der Waals surface area contributed by atoms with Crippen LogP contribution in [-0.2, 0) is 0 Å². The molecular formula is C28H35N5O2. The quantitative estimate of drug-likeness (QED) is 0.435. The first-order valence-corrected chi connectivity index (χ1v) is 12.6. The summed E-state index contributed by atoms with van der Waals surface area (Å²) in [7, 11) is 2.22. The van der Waals surface area contributed by atoms with Gasteiger partial charge in [0.05, 0.1) is 17.0 Å². The lowest BCUT2D eigenvalue weighted by molar-refractivity contribution is 0.0264. The maximum atomic E-state index is 12.6. The predicted molar refractivity (Wildman–Crippen MR) is 142 cm³/mol. The Balaban J connectivity index is 1.40. The zero-order valence-electron chi connectivity index (χ0n) is 21.0. The molecule has 1 aromatic heterocycles. The number of piperidine rings is 1. The lowest BCUT2D eigenvalue weighted by Crippen LogP contribution is -2.67. The van der Waals surface area contributed by atoms with E-state index in [0.29, 0.717) is 42.1 Å². The third-order valence-corrected chi connectivity index (χ3v) is 7.37. The molecule has 184 valence electrons. The fourth-order valence-corrected chi connectivity index (χ4v) is 5.22. The van der Waals surface area contributed by atoms with E-state index in [-0.39, 0.29) is 11.8 Å². The van der Waals surface area contributed by atoms with Crippen LogP contribution in [-0.4, -0.2) is 65.4 Å². The number of nitrogens with zero attached hydrogens (tertiary/aromatic N) is 3. The highest BCUT2D eigenvalue weighted by molar-refractivity contribution is 6.14. The van der Waals surface area contributed by atoms with Crippen molar-refractivity contribution in [3.63, 3.8) is 0 Å². The number of carbonyl (C=O) groups excluding carboxylic acids is 1. The monoisotopic (exact) mass is 473 g/mol. The lowest BCUT2D eigenvalue weighted by atomic mass is 9.88. The molecule has 7 heteroatoms. The van der Waals surface area contributed by atoms with Crippen LogP contribution < -0.4 is 10.2 Å². The first-order chi connectivity index (χ1) is 16.8. The van der Waals surface area contributed by atoms with Crippen molar-refractivity contribution >= 4 is 33.9 Å². The highest BCUT2D eigenvalue weighted by atomic mass is 16.3. The number of aromatic nitrogens is 1. The van der Waals surface area contributed by atoms with Crippen LogP contribution in [0.15, 0.2) is 47.5 Å². The minimum Gasteiger partial charge on any atom is -0.494 e. The van der Waals surface area contributed by atoms with Crippen molar-refractivity contribution in [1.82, 2.24) is 15.2 Å². The summed E-state index contributed by atoms with van der Waals surface area (Å²) < 4.78 is 0. The highest BCUT2D eigenvalue weighted by Crippen LogP contribution is 2.34. The molecule has 3 aliphatic rings. The Morgan fingerprint density at radius 2 is 1.89 bits per heavy atom. The predicted octanol–water partition coefficient (Wildman–Crippen LogP) is 4.68. The number of H-pyrrole nitrogens is 1. The van der Waals surface area contributed by atoms with Crippen LogP contribution in [0.4, 0.5) is 11.4 Å². The Kier molecular flexibility index (Phi) is 6.28. The van der Waals surface area contributed by atoms with Crippen molar-refractivity contribution in [3.8, 4) is 5.88 Å². The molecule has 3 fully saturated rings. The molecular weight excluding hydrogens is 438 g/mol. The molecule has 3 aromatic rings. The molecule has 3 N–H and O–H groups in total. The van der Waals surface area contributed by atoms with Gasteiger partial charge < -0.3 is 20.3 Å². The molecule has 0 spiro atoms. The third-order valence-electron chi connectivity index (χ3n) is 7.37. The molecule has 2 aromatic carbocycles. The molecule has 2 atom stereocenters. The molecule has 4 heterocycles. The van der Waals surface area contributed by atoms with Gasteiger partial charge in [0.25, 0.3) is 5.91 Å². The van der Waals surface area contributed by atoms with E-state index in [1.807, 2.05) is 31.2 Å². The van der Waals surface area contributed by atoms with Gasteiger partial charge in [-0.3, -0.25) is 14.7 Å². The van der Waals surface area contributed by atoms with E-state index >= 15 is 0 Å². The molecule has 0 radical (unpaired) electrons.